The van der Waals surface area contributed by atoms with E-state index in [0.29, 0.717) is 17.1 Å². The second kappa shape index (κ2) is 8.68. The summed E-state index contributed by atoms with van der Waals surface area (Å²) in [5, 5.41) is 11.0. The molecule has 0 fully saturated rings. The number of amides is 1. The quantitative estimate of drug-likeness (QED) is 0.384. The van der Waals surface area contributed by atoms with Gasteiger partial charge in [0.2, 0.25) is 0 Å². The van der Waals surface area contributed by atoms with Crippen LogP contribution < -0.4 is 19.1 Å². The topological polar surface area (TPSA) is 117 Å². The van der Waals surface area contributed by atoms with Crippen LogP contribution in [0.1, 0.15) is 11.1 Å². The van der Waals surface area contributed by atoms with Crippen LogP contribution in [0.25, 0.3) is 0 Å². The van der Waals surface area contributed by atoms with E-state index in [1.165, 1.54) is 32.4 Å². The van der Waals surface area contributed by atoms with Gasteiger partial charge in [-0.2, -0.15) is 0 Å². The van der Waals surface area contributed by atoms with Gasteiger partial charge in [-0.3, -0.25) is 24.6 Å². The Bertz CT molecular complexity index is 1000. The number of anilines is 1. The standard InChI is InChI=1S/C20H20N2O8/c1-12-6-17(27-2)18(28-3)7-13(12)10-30-20(24)9-21-15-8-14(22(25)26)4-5-16(15)29-11-19(21)23/h4-8H,9-11H2,1-3H3. The number of nitro groups is 1. The largest absolute Gasteiger partial charge is 0.493 e. The summed E-state index contributed by atoms with van der Waals surface area (Å²) in [4.78, 5) is 36.2. The molecular formula is C20H20N2O8. The monoisotopic (exact) mass is 416 g/mol. The molecular weight excluding hydrogens is 396 g/mol. The number of non-ortho nitro benzene ring substituents is 1. The van der Waals surface area contributed by atoms with Gasteiger partial charge in [0.15, 0.2) is 18.1 Å². The van der Waals surface area contributed by atoms with Crippen molar-refractivity contribution in [1.29, 1.82) is 0 Å². The van der Waals surface area contributed by atoms with Crippen LogP contribution in [0.4, 0.5) is 11.4 Å². The molecule has 3 rings (SSSR count). The zero-order valence-electron chi connectivity index (χ0n) is 16.7. The minimum Gasteiger partial charge on any atom is -0.493 e. The Morgan fingerprint density at radius 2 is 1.90 bits per heavy atom. The zero-order chi connectivity index (χ0) is 21.8. The summed E-state index contributed by atoms with van der Waals surface area (Å²) in [5.74, 6) is 0.170. The molecule has 2 aromatic carbocycles. The summed E-state index contributed by atoms with van der Waals surface area (Å²) in [5.41, 5.74) is 1.49. The summed E-state index contributed by atoms with van der Waals surface area (Å²) in [6.07, 6.45) is 0. The summed E-state index contributed by atoms with van der Waals surface area (Å²) >= 11 is 0. The van der Waals surface area contributed by atoms with Gasteiger partial charge in [0.25, 0.3) is 11.6 Å². The number of hydrogen-bond acceptors (Lipinski definition) is 8. The molecule has 1 heterocycles. The maximum atomic E-state index is 12.4. The van der Waals surface area contributed by atoms with Crippen LogP contribution in [-0.4, -0.2) is 44.2 Å². The summed E-state index contributed by atoms with van der Waals surface area (Å²) in [7, 11) is 3.03. The van der Waals surface area contributed by atoms with E-state index in [2.05, 4.69) is 0 Å². The van der Waals surface area contributed by atoms with E-state index in [1.54, 1.807) is 12.1 Å². The van der Waals surface area contributed by atoms with Crippen LogP contribution in [0.3, 0.4) is 0 Å². The van der Waals surface area contributed by atoms with Gasteiger partial charge in [0, 0.05) is 12.1 Å². The highest BCUT2D eigenvalue weighted by Crippen LogP contribution is 2.35. The third kappa shape index (κ3) is 4.27. The highest BCUT2D eigenvalue weighted by atomic mass is 16.6. The molecule has 10 heteroatoms. The molecule has 10 nitrogen and oxygen atoms in total. The van der Waals surface area contributed by atoms with Crippen LogP contribution in [0.5, 0.6) is 17.2 Å². The molecule has 0 atom stereocenters. The normalized spacial score (nSPS) is 12.6. The van der Waals surface area contributed by atoms with Crippen LogP contribution in [0.15, 0.2) is 30.3 Å². The van der Waals surface area contributed by atoms with Gasteiger partial charge in [-0.05, 0) is 36.2 Å². The van der Waals surface area contributed by atoms with E-state index in [9.17, 15) is 19.7 Å². The van der Waals surface area contributed by atoms with E-state index in [1.807, 2.05) is 6.92 Å². The summed E-state index contributed by atoms with van der Waals surface area (Å²) < 4.78 is 21.1. The Kier molecular flexibility index (Phi) is 6.05. The van der Waals surface area contributed by atoms with Gasteiger partial charge in [-0.25, -0.2) is 0 Å². The molecule has 1 aliphatic heterocycles. The van der Waals surface area contributed by atoms with E-state index < -0.39 is 23.3 Å². The molecule has 158 valence electrons. The highest BCUT2D eigenvalue weighted by molar-refractivity contribution is 6.01. The number of aryl methyl sites for hydroxylation is 1. The first-order valence-corrected chi connectivity index (χ1v) is 8.92. The molecule has 0 aromatic heterocycles. The van der Waals surface area contributed by atoms with Gasteiger partial charge in [-0.15, -0.1) is 0 Å². The predicted molar refractivity (Wildman–Crippen MR) is 105 cm³/mol. The van der Waals surface area contributed by atoms with Crippen molar-refractivity contribution >= 4 is 23.3 Å². The molecule has 2 aromatic rings. The fourth-order valence-electron chi connectivity index (χ4n) is 2.99. The van der Waals surface area contributed by atoms with E-state index in [0.717, 1.165) is 10.5 Å². The second-order valence-electron chi connectivity index (χ2n) is 6.47. The lowest BCUT2D eigenvalue weighted by molar-refractivity contribution is -0.384. The molecule has 0 aliphatic carbocycles. The molecule has 0 bridgehead atoms. The maximum absolute atomic E-state index is 12.4. The van der Waals surface area contributed by atoms with Crippen molar-refractivity contribution in [2.75, 3.05) is 32.3 Å². The second-order valence-corrected chi connectivity index (χ2v) is 6.47. The fourth-order valence-corrected chi connectivity index (χ4v) is 2.99. The first-order valence-electron chi connectivity index (χ1n) is 8.92. The minimum atomic E-state index is -0.670. The first kappa shape index (κ1) is 20.9. The molecule has 0 saturated carbocycles. The Hall–Kier alpha value is -3.82. The zero-order valence-corrected chi connectivity index (χ0v) is 16.7. The molecule has 30 heavy (non-hydrogen) atoms. The van der Waals surface area contributed by atoms with Crippen molar-refractivity contribution in [2.45, 2.75) is 13.5 Å². The van der Waals surface area contributed by atoms with E-state index in [4.69, 9.17) is 18.9 Å². The average molecular weight is 416 g/mol. The first-order chi connectivity index (χ1) is 14.3. The number of nitrogens with zero attached hydrogens (tertiary/aromatic N) is 2. The third-order valence-corrected chi connectivity index (χ3v) is 4.61. The van der Waals surface area contributed by atoms with Crippen molar-refractivity contribution in [3.8, 4) is 17.2 Å². The van der Waals surface area contributed by atoms with Crippen molar-refractivity contribution in [3.05, 3.63) is 51.6 Å². The fraction of sp³-hybridized carbons (Fsp3) is 0.300. The van der Waals surface area contributed by atoms with Crippen LogP contribution in [-0.2, 0) is 20.9 Å². The van der Waals surface area contributed by atoms with Crippen molar-refractivity contribution in [3.63, 3.8) is 0 Å². The number of rotatable bonds is 7. The van der Waals surface area contributed by atoms with Crippen LogP contribution in [0, 0.1) is 17.0 Å². The molecule has 0 saturated heterocycles. The predicted octanol–water partition coefficient (Wildman–Crippen LogP) is 2.39. The van der Waals surface area contributed by atoms with Crippen molar-refractivity contribution in [2.24, 2.45) is 0 Å². The molecule has 0 spiro atoms. The van der Waals surface area contributed by atoms with E-state index >= 15 is 0 Å². The van der Waals surface area contributed by atoms with Crippen LogP contribution in [0.2, 0.25) is 0 Å². The lowest BCUT2D eigenvalue weighted by Gasteiger charge is -2.28. The van der Waals surface area contributed by atoms with Crippen molar-refractivity contribution in [1.82, 2.24) is 0 Å². The van der Waals surface area contributed by atoms with Gasteiger partial charge in [0.1, 0.15) is 18.9 Å². The molecule has 1 aliphatic rings. The smallest absolute Gasteiger partial charge is 0.326 e. The molecule has 0 radical (unpaired) electrons. The van der Waals surface area contributed by atoms with Crippen LogP contribution >= 0.6 is 0 Å². The SMILES string of the molecule is COc1cc(C)c(COC(=O)CN2C(=O)COc3ccc([N+](=O)[O-])cc32)cc1OC. The minimum absolute atomic E-state index is 0.0364. The van der Waals surface area contributed by atoms with E-state index in [-0.39, 0.29) is 30.3 Å². The molecule has 1 amide bonds. The molecule has 0 unspecified atom stereocenters. The number of carbonyl (C=O) groups is 2. The highest BCUT2D eigenvalue weighted by Gasteiger charge is 2.29. The Morgan fingerprint density at radius 3 is 2.57 bits per heavy atom. The number of ether oxygens (including phenoxy) is 4. The van der Waals surface area contributed by atoms with Crippen molar-refractivity contribution < 1.29 is 33.5 Å². The lowest BCUT2D eigenvalue weighted by Crippen LogP contribution is -2.42. The number of carbonyl (C=O) groups excluding carboxylic acids is 2. The average Bonchev–Trinajstić information content (AvgIpc) is 2.74. The maximum Gasteiger partial charge on any atom is 0.326 e. The number of esters is 1. The van der Waals surface area contributed by atoms with Gasteiger partial charge < -0.3 is 18.9 Å². The van der Waals surface area contributed by atoms with Gasteiger partial charge in [-0.1, -0.05) is 0 Å². The van der Waals surface area contributed by atoms with Gasteiger partial charge in [0.05, 0.1) is 24.8 Å². The Balaban J connectivity index is 1.74. The number of methoxy groups -OCH3 is 2. The lowest BCUT2D eigenvalue weighted by atomic mass is 10.1. The molecule has 0 N–H and O–H groups in total. The summed E-state index contributed by atoms with van der Waals surface area (Å²) in [6.45, 7) is 1.13. The number of fused-ring (bicyclic) bond motifs is 1. The van der Waals surface area contributed by atoms with Gasteiger partial charge >= 0.3 is 5.97 Å². The summed E-state index contributed by atoms with van der Waals surface area (Å²) in [6, 6.07) is 7.33. The Morgan fingerprint density at radius 1 is 1.20 bits per heavy atom. The Labute approximate surface area is 172 Å². The number of nitro benzene ring substituents is 1. The third-order valence-electron chi connectivity index (χ3n) is 4.61. The number of benzene rings is 2. The number of hydrogen-bond donors (Lipinski definition) is 0.